The maximum absolute atomic E-state index is 10.3. The van der Waals surface area contributed by atoms with Crippen LogP contribution < -0.4 is 5.32 Å². The van der Waals surface area contributed by atoms with Gasteiger partial charge < -0.3 is 15.2 Å². The van der Waals surface area contributed by atoms with Crippen LogP contribution in [0.15, 0.2) is 36.5 Å². The van der Waals surface area contributed by atoms with Crippen LogP contribution in [-0.4, -0.2) is 35.8 Å². The van der Waals surface area contributed by atoms with E-state index >= 15 is 0 Å². The van der Waals surface area contributed by atoms with Gasteiger partial charge in [-0.1, -0.05) is 18.2 Å². The fourth-order valence-electron chi connectivity index (χ4n) is 1.67. The lowest BCUT2D eigenvalue weighted by molar-refractivity contribution is -0.142. The summed E-state index contributed by atoms with van der Waals surface area (Å²) in [7, 11) is 0. The molecule has 0 unspecified atom stereocenters. The Morgan fingerprint density at radius 1 is 1.33 bits per heavy atom. The number of carbonyl (C=O) groups is 1. The predicted molar refractivity (Wildman–Crippen MR) is 68.7 cm³/mol. The topological polar surface area (TPSA) is 71.5 Å². The molecule has 0 aliphatic carbocycles. The Bertz CT molecular complexity index is 537. The fraction of sp³-hybridized carbons (Fsp3) is 0.231. The SMILES string of the molecule is O=C(O)COCCNc1ccnc2ccccc12. The molecule has 0 saturated carbocycles. The van der Waals surface area contributed by atoms with Gasteiger partial charge in [-0.25, -0.2) is 4.79 Å². The van der Waals surface area contributed by atoms with Crippen molar-refractivity contribution in [2.45, 2.75) is 0 Å². The van der Waals surface area contributed by atoms with Gasteiger partial charge >= 0.3 is 5.97 Å². The number of ether oxygens (including phenoxy) is 1. The Labute approximate surface area is 104 Å². The number of benzene rings is 1. The van der Waals surface area contributed by atoms with Crippen molar-refractivity contribution in [1.29, 1.82) is 0 Å². The Balaban J connectivity index is 1.93. The number of aliphatic carboxylic acids is 1. The lowest BCUT2D eigenvalue weighted by atomic mass is 10.2. The highest BCUT2D eigenvalue weighted by Gasteiger charge is 2.00. The summed E-state index contributed by atoms with van der Waals surface area (Å²) in [6.45, 7) is 0.642. The third-order valence-corrected chi connectivity index (χ3v) is 2.44. The van der Waals surface area contributed by atoms with Crippen LogP contribution in [0.2, 0.25) is 0 Å². The third kappa shape index (κ3) is 3.18. The van der Waals surface area contributed by atoms with Crippen LogP contribution >= 0.6 is 0 Å². The Kier molecular flexibility index (Phi) is 4.09. The van der Waals surface area contributed by atoms with E-state index in [4.69, 9.17) is 9.84 Å². The van der Waals surface area contributed by atoms with Crippen molar-refractivity contribution >= 4 is 22.6 Å². The first-order chi connectivity index (χ1) is 8.77. The van der Waals surface area contributed by atoms with Crippen molar-refractivity contribution in [1.82, 2.24) is 4.98 Å². The van der Waals surface area contributed by atoms with Gasteiger partial charge in [0, 0.05) is 23.8 Å². The first-order valence-electron chi connectivity index (χ1n) is 5.64. The zero-order valence-electron chi connectivity index (χ0n) is 9.80. The molecular weight excluding hydrogens is 232 g/mol. The van der Waals surface area contributed by atoms with E-state index in [9.17, 15) is 4.79 Å². The second kappa shape index (κ2) is 5.97. The van der Waals surface area contributed by atoms with Crippen LogP contribution in [0, 0.1) is 0 Å². The van der Waals surface area contributed by atoms with E-state index in [1.807, 2.05) is 30.3 Å². The molecule has 0 amide bonds. The predicted octanol–water partition coefficient (Wildman–Crippen LogP) is 1.75. The minimum atomic E-state index is -0.954. The van der Waals surface area contributed by atoms with Gasteiger partial charge in [-0.3, -0.25) is 4.98 Å². The number of nitrogens with zero attached hydrogens (tertiary/aromatic N) is 1. The largest absolute Gasteiger partial charge is 0.480 e. The molecule has 5 nitrogen and oxygen atoms in total. The van der Waals surface area contributed by atoms with E-state index in [1.165, 1.54) is 0 Å². The van der Waals surface area contributed by atoms with Crippen molar-refractivity contribution < 1.29 is 14.6 Å². The summed E-state index contributed by atoms with van der Waals surface area (Å²) < 4.78 is 4.95. The molecule has 0 aliphatic rings. The molecule has 94 valence electrons. The molecule has 0 atom stereocenters. The van der Waals surface area contributed by atoms with E-state index < -0.39 is 5.97 Å². The minimum absolute atomic E-state index is 0.265. The summed E-state index contributed by atoms with van der Waals surface area (Å²) in [6, 6.07) is 9.72. The maximum Gasteiger partial charge on any atom is 0.329 e. The Morgan fingerprint density at radius 3 is 3.00 bits per heavy atom. The van der Waals surface area contributed by atoms with Crippen LogP contribution in [0.25, 0.3) is 10.9 Å². The molecule has 0 spiro atoms. The van der Waals surface area contributed by atoms with E-state index in [-0.39, 0.29) is 6.61 Å². The van der Waals surface area contributed by atoms with Gasteiger partial charge in [0.25, 0.3) is 0 Å². The Hall–Kier alpha value is -2.14. The summed E-state index contributed by atoms with van der Waals surface area (Å²) in [5.41, 5.74) is 1.90. The van der Waals surface area contributed by atoms with Gasteiger partial charge in [0.2, 0.25) is 0 Å². The number of anilines is 1. The van der Waals surface area contributed by atoms with Crippen molar-refractivity contribution in [3.8, 4) is 0 Å². The lowest BCUT2D eigenvalue weighted by Crippen LogP contribution is -2.14. The molecule has 0 fully saturated rings. The van der Waals surface area contributed by atoms with Crippen LogP contribution in [0.3, 0.4) is 0 Å². The number of hydrogen-bond donors (Lipinski definition) is 2. The number of hydrogen-bond acceptors (Lipinski definition) is 4. The second-order valence-electron chi connectivity index (χ2n) is 3.75. The monoisotopic (exact) mass is 246 g/mol. The molecule has 1 heterocycles. The second-order valence-corrected chi connectivity index (χ2v) is 3.75. The molecule has 1 aromatic heterocycles. The quantitative estimate of drug-likeness (QED) is 0.760. The molecule has 0 bridgehead atoms. The number of carboxylic acids is 1. The highest BCUT2D eigenvalue weighted by Crippen LogP contribution is 2.20. The summed E-state index contributed by atoms with van der Waals surface area (Å²) in [5.74, 6) is -0.954. The minimum Gasteiger partial charge on any atom is -0.480 e. The van der Waals surface area contributed by atoms with E-state index in [0.717, 1.165) is 16.6 Å². The first-order valence-corrected chi connectivity index (χ1v) is 5.64. The molecule has 2 aromatic rings. The van der Waals surface area contributed by atoms with Crippen LogP contribution in [0.1, 0.15) is 0 Å². The van der Waals surface area contributed by atoms with Gasteiger partial charge in [0.05, 0.1) is 12.1 Å². The number of carboxylic acid groups (broad SMARTS) is 1. The van der Waals surface area contributed by atoms with Crippen molar-refractivity contribution in [3.05, 3.63) is 36.5 Å². The lowest BCUT2D eigenvalue weighted by Gasteiger charge is -2.09. The molecular formula is C13H14N2O3. The highest BCUT2D eigenvalue weighted by molar-refractivity contribution is 5.90. The molecule has 2 N–H and O–H groups in total. The maximum atomic E-state index is 10.3. The van der Waals surface area contributed by atoms with Gasteiger partial charge in [-0.05, 0) is 12.1 Å². The summed E-state index contributed by atoms with van der Waals surface area (Å²) in [5, 5.41) is 12.7. The van der Waals surface area contributed by atoms with E-state index in [0.29, 0.717) is 13.2 Å². The molecule has 18 heavy (non-hydrogen) atoms. The smallest absolute Gasteiger partial charge is 0.329 e. The molecule has 1 aromatic carbocycles. The van der Waals surface area contributed by atoms with E-state index in [2.05, 4.69) is 10.3 Å². The standard InChI is InChI=1S/C13H14N2O3/c16-13(17)9-18-8-7-15-12-5-6-14-11-4-2-1-3-10(11)12/h1-6H,7-9H2,(H,14,15)(H,16,17). The Morgan fingerprint density at radius 2 is 2.17 bits per heavy atom. The molecule has 0 aliphatic heterocycles. The van der Waals surface area contributed by atoms with Crippen LogP contribution in [0.5, 0.6) is 0 Å². The highest BCUT2D eigenvalue weighted by atomic mass is 16.5. The average molecular weight is 246 g/mol. The molecule has 2 rings (SSSR count). The molecule has 0 saturated heterocycles. The van der Waals surface area contributed by atoms with E-state index in [1.54, 1.807) is 6.20 Å². The molecule has 5 heteroatoms. The number of aromatic nitrogens is 1. The number of rotatable bonds is 6. The average Bonchev–Trinajstić information content (AvgIpc) is 2.38. The normalized spacial score (nSPS) is 10.4. The van der Waals surface area contributed by atoms with Gasteiger partial charge in [0.1, 0.15) is 6.61 Å². The summed E-state index contributed by atoms with van der Waals surface area (Å²) >= 11 is 0. The van der Waals surface area contributed by atoms with Crippen molar-refractivity contribution in [2.75, 3.05) is 25.1 Å². The van der Waals surface area contributed by atoms with Crippen LogP contribution in [0.4, 0.5) is 5.69 Å². The van der Waals surface area contributed by atoms with Crippen LogP contribution in [-0.2, 0) is 9.53 Å². The number of para-hydroxylation sites is 1. The number of nitrogens with one attached hydrogen (secondary N) is 1. The zero-order chi connectivity index (χ0) is 12.8. The number of fused-ring (bicyclic) bond motifs is 1. The fourth-order valence-corrected chi connectivity index (χ4v) is 1.67. The van der Waals surface area contributed by atoms with Gasteiger partial charge in [0.15, 0.2) is 0 Å². The van der Waals surface area contributed by atoms with Gasteiger partial charge in [-0.2, -0.15) is 0 Å². The number of pyridine rings is 1. The van der Waals surface area contributed by atoms with Crippen molar-refractivity contribution in [2.24, 2.45) is 0 Å². The third-order valence-electron chi connectivity index (χ3n) is 2.44. The summed E-state index contributed by atoms with van der Waals surface area (Å²) in [4.78, 5) is 14.5. The van der Waals surface area contributed by atoms with Gasteiger partial charge in [-0.15, -0.1) is 0 Å². The zero-order valence-corrected chi connectivity index (χ0v) is 9.80. The molecule has 0 radical (unpaired) electrons. The van der Waals surface area contributed by atoms with Crippen molar-refractivity contribution in [3.63, 3.8) is 0 Å². The first kappa shape index (κ1) is 12.3. The summed E-state index contributed by atoms with van der Waals surface area (Å²) in [6.07, 6.45) is 1.74.